The molecule has 5 nitrogen and oxygen atoms in total. The van der Waals surface area contributed by atoms with Crippen LogP contribution in [0.5, 0.6) is 0 Å². The van der Waals surface area contributed by atoms with Crippen molar-refractivity contribution < 1.29 is 4.79 Å². The summed E-state index contributed by atoms with van der Waals surface area (Å²) in [7, 11) is 0. The first-order valence-corrected chi connectivity index (χ1v) is 12.0. The lowest BCUT2D eigenvalue weighted by Gasteiger charge is -2.13. The van der Waals surface area contributed by atoms with Crippen LogP contribution >= 0.6 is 46.3 Å². The third-order valence-electron chi connectivity index (χ3n) is 4.45. The van der Waals surface area contributed by atoms with E-state index in [1.165, 1.54) is 22.5 Å². The fraction of sp³-hybridized carbons (Fsp3) is 0.136. The molecular formula is C22H18Cl2N4OS2. The average Bonchev–Trinajstić information content (AvgIpc) is 3.42. The Hall–Kier alpha value is -2.32. The standard InChI is InChI=1S/C22H18Cl2N4OS2/c1-14-4-2-5-15(10-14)13-31-22-27-26-20(12-25-21(29)19-6-3-9-30-19)28(22)18-11-16(23)7-8-17(18)24/h2-11H,12-13H2,1H3,(H,25,29). The molecule has 31 heavy (non-hydrogen) atoms. The Balaban J connectivity index is 1.63. The number of halogens is 2. The molecule has 2 aromatic heterocycles. The van der Waals surface area contributed by atoms with Crippen LogP contribution in [-0.2, 0) is 12.3 Å². The molecule has 9 heteroatoms. The summed E-state index contributed by atoms with van der Waals surface area (Å²) in [5.74, 6) is 1.14. The zero-order chi connectivity index (χ0) is 21.8. The summed E-state index contributed by atoms with van der Waals surface area (Å²) < 4.78 is 1.85. The van der Waals surface area contributed by atoms with E-state index in [-0.39, 0.29) is 12.5 Å². The summed E-state index contributed by atoms with van der Waals surface area (Å²) in [4.78, 5) is 13.0. The smallest absolute Gasteiger partial charge is 0.261 e. The lowest BCUT2D eigenvalue weighted by atomic mass is 10.2. The molecule has 2 aromatic carbocycles. The van der Waals surface area contributed by atoms with E-state index in [0.717, 1.165) is 5.75 Å². The van der Waals surface area contributed by atoms with E-state index < -0.39 is 0 Å². The Kier molecular flexibility index (Phi) is 6.97. The molecule has 4 rings (SSSR count). The van der Waals surface area contributed by atoms with Crippen molar-refractivity contribution in [2.45, 2.75) is 24.4 Å². The van der Waals surface area contributed by atoms with E-state index in [1.54, 1.807) is 36.0 Å². The molecule has 0 saturated heterocycles. The Bertz CT molecular complexity index is 1210. The van der Waals surface area contributed by atoms with Crippen LogP contribution in [-0.4, -0.2) is 20.7 Å². The number of nitrogens with one attached hydrogen (secondary N) is 1. The van der Waals surface area contributed by atoms with Crippen molar-refractivity contribution >= 4 is 52.2 Å². The molecule has 0 bridgehead atoms. The molecule has 0 aliphatic heterocycles. The Morgan fingerprint density at radius 3 is 2.77 bits per heavy atom. The van der Waals surface area contributed by atoms with Gasteiger partial charge in [-0.05, 0) is 42.1 Å². The largest absolute Gasteiger partial charge is 0.344 e. The summed E-state index contributed by atoms with van der Waals surface area (Å²) in [6.45, 7) is 2.27. The molecule has 0 aliphatic rings. The molecule has 1 amide bonds. The molecule has 0 aliphatic carbocycles. The van der Waals surface area contributed by atoms with Crippen LogP contribution in [0, 0.1) is 6.92 Å². The van der Waals surface area contributed by atoms with Crippen molar-refractivity contribution in [2.24, 2.45) is 0 Å². The fourth-order valence-corrected chi connectivity index (χ4v) is 4.93. The highest BCUT2D eigenvalue weighted by molar-refractivity contribution is 7.98. The van der Waals surface area contributed by atoms with Gasteiger partial charge in [0.15, 0.2) is 11.0 Å². The van der Waals surface area contributed by atoms with Gasteiger partial charge in [-0.1, -0.05) is 70.9 Å². The van der Waals surface area contributed by atoms with Crippen molar-refractivity contribution in [3.8, 4) is 5.69 Å². The second-order valence-electron chi connectivity index (χ2n) is 6.77. The van der Waals surface area contributed by atoms with E-state index in [2.05, 4.69) is 40.6 Å². The minimum Gasteiger partial charge on any atom is -0.344 e. The maximum absolute atomic E-state index is 12.4. The molecule has 0 radical (unpaired) electrons. The van der Waals surface area contributed by atoms with Crippen molar-refractivity contribution in [1.29, 1.82) is 0 Å². The molecule has 0 unspecified atom stereocenters. The molecule has 2 heterocycles. The first-order valence-electron chi connectivity index (χ1n) is 9.41. The van der Waals surface area contributed by atoms with Gasteiger partial charge in [-0.2, -0.15) is 0 Å². The number of thioether (sulfide) groups is 1. The van der Waals surface area contributed by atoms with Crippen LogP contribution in [0.3, 0.4) is 0 Å². The minimum absolute atomic E-state index is 0.157. The highest BCUT2D eigenvalue weighted by Crippen LogP contribution is 2.31. The summed E-state index contributed by atoms with van der Waals surface area (Å²) in [5.41, 5.74) is 3.06. The van der Waals surface area contributed by atoms with Gasteiger partial charge in [0.2, 0.25) is 0 Å². The summed E-state index contributed by atoms with van der Waals surface area (Å²) in [6.07, 6.45) is 0. The number of carbonyl (C=O) groups is 1. The predicted octanol–water partition coefficient (Wildman–Crippen LogP) is 6.17. The number of carbonyl (C=O) groups excluding carboxylic acids is 1. The highest BCUT2D eigenvalue weighted by atomic mass is 35.5. The lowest BCUT2D eigenvalue weighted by Crippen LogP contribution is -2.24. The maximum Gasteiger partial charge on any atom is 0.261 e. The molecule has 0 atom stereocenters. The number of amides is 1. The Morgan fingerprint density at radius 2 is 2.00 bits per heavy atom. The van der Waals surface area contributed by atoms with Crippen LogP contribution in [0.1, 0.15) is 26.6 Å². The van der Waals surface area contributed by atoms with Gasteiger partial charge < -0.3 is 5.32 Å². The average molecular weight is 489 g/mol. The monoisotopic (exact) mass is 488 g/mol. The zero-order valence-corrected chi connectivity index (χ0v) is 19.7. The minimum atomic E-state index is -0.157. The lowest BCUT2D eigenvalue weighted by molar-refractivity contribution is 0.0953. The Labute approximate surface area is 198 Å². The number of rotatable bonds is 7. The second-order valence-corrected chi connectivity index (χ2v) is 9.50. The number of hydrogen-bond donors (Lipinski definition) is 1. The first-order chi connectivity index (χ1) is 15.0. The third kappa shape index (κ3) is 5.30. The number of benzene rings is 2. The van der Waals surface area contributed by atoms with Gasteiger partial charge in [0.05, 0.1) is 22.1 Å². The van der Waals surface area contributed by atoms with Crippen molar-refractivity contribution in [3.63, 3.8) is 0 Å². The van der Waals surface area contributed by atoms with Crippen LogP contribution in [0.15, 0.2) is 65.1 Å². The maximum atomic E-state index is 12.4. The molecule has 1 N–H and O–H groups in total. The van der Waals surface area contributed by atoms with E-state index >= 15 is 0 Å². The van der Waals surface area contributed by atoms with Crippen LogP contribution < -0.4 is 5.32 Å². The highest BCUT2D eigenvalue weighted by Gasteiger charge is 2.18. The molecule has 158 valence electrons. The Morgan fingerprint density at radius 1 is 1.13 bits per heavy atom. The van der Waals surface area contributed by atoms with Gasteiger partial charge in [-0.3, -0.25) is 9.36 Å². The van der Waals surface area contributed by atoms with E-state index in [9.17, 15) is 4.79 Å². The molecule has 0 saturated carbocycles. The molecule has 4 aromatic rings. The summed E-state index contributed by atoms with van der Waals surface area (Å²) >= 11 is 15.7. The normalized spacial score (nSPS) is 10.9. The van der Waals surface area contributed by atoms with Gasteiger partial charge in [0.25, 0.3) is 5.91 Å². The van der Waals surface area contributed by atoms with E-state index in [1.807, 2.05) is 22.1 Å². The molecular weight excluding hydrogens is 471 g/mol. The number of aromatic nitrogens is 3. The van der Waals surface area contributed by atoms with E-state index in [0.29, 0.717) is 31.6 Å². The van der Waals surface area contributed by atoms with E-state index in [4.69, 9.17) is 23.2 Å². The number of aryl methyl sites for hydroxylation is 1. The fourth-order valence-electron chi connectivity index (χ4n) is 3.01. The third-order valence-corrected chi connectivity index (χ3v) is 6.88. The van der Waals surface area contributed by atoms with Gasteiger partial charge in [0, 0.05) is 10.8 Å². The van der Waals surface area contributed by atoms with Crippen LogP contribution in [0.2, 0.25) is 10.0 Å². The van der Waals surface area contributed by atoms with Gasteiger partial charge >= 0.3 is 0 Å². The topological polar surface area (TPSA) is 59.8 Å². The number of nitrogens with zero attached hydrogens (tertiary/aromatic N) is 3. The summed E-state index contributed by atoms with van der Waals surface area (Å²) in [5, 5.41) is 15.2. The molecule has 0 fully saturated rings. The quantitative estimate of drug-likeness (QED) is 0.316. The van der Waals surface area contributed by atoms with Crippen molar-refractivity contribution in [2.75, 3.05) is 0 Å². The predicted molar refractivity (Wildman–Crippen MR) is 128 cm³/mol. The second kappa shape index (κ2) is 9.87. The number of hydrogen-bond acceptors (Lipinski definition) is 5. The van der Waals surface area contributed by atoms with Crippen LogP contribution in [0.4, 0.5) is 0 Å². The van der Waals surface area contributed by atoms with Crippen LogP contribution in [0.25, 0.3) is 5.69 Å². The van der Waals surface area contributed by atoms with Crippen molar-refractivity contribution in [1.82, 2.24) is 20.1 Å². The van der Waals surface area contributed by atoms with Gasteiger partial charge in [0.1, 0.15) is 0 Å². The molecule has 0 spiro atoms. The SMILES string of the molecule is Cc1cccc(CSc2nnc(CNC(=O)c3cccs3)n2-c2cc(Cl)ccc2Cl)c1. The summed E-state index contributed by atoms with van der Waals surface area (Å²) in [6, 6.07) is 17.2. The zero-order valence-electron chi connectivity index (χ0n) is 16.5. The number of thiophene rings is 1. The van der Waals surface area contributed by atoms with Crippen molar-refractivity contribution in [3.05, 3.63) is 91.9 Å². The van der Waals surface area contributed by atoms with Gasteiger partial charge in [-0.25, -0.2) is 0 Å². The van der Waals surface area contributed by atoms with Gasteiger partial charge in [-0.15, -0.1) is 21.5 Å². The first kappa shape index (κ1) is 21.9.